The summed E-state index contributed by atoms with van der Waals surface area (Å²) in [6, 6.07) is 21.7. The van der Waals surface area contributed by atoms with Gasteiger partial charge < -0.3 is 31.9 Å². The van der Waals surface area contributed by atoms with Crippen molar-refractivity contribution in [1.82, 2.24) is 5.32 Å². The summed E-state index contributed by atoms with van der Waals surface area (Å²) in [7, 11) is 0. The second kappa shape index (κ2) is 15.3. The van der Waals surface area contributed by atoms with E-state index in [9.17, 15) is 19.5 Å². The minimum Gasteiger partial charge on any atom is -0.487 e. The van der Waals surface area contributed by atoms with Crippen LogP contribution in [0.1, 0.15) is 47.2 Å². The van der Waals surface area contributed by atoms with Crippen molar-refractivity contribution in [3.8, 4) is 5.75 Å². The van der Waals surface area contributed by atoms with Crippen LogP contribution in [0, 0.1) is 0 Å². The Morgan fingerprint density at radius 3 is 2.18 bits per heavy atom. The van der Waals surface area contributed by atoms with Gasteiger partial charge in [0.05, 0.1) is 11.7 Å². The number of carboxylic acid groups (broad SMARTS) is 1. The Hall–Kier alpha value is -4.21. The van der Waals surface area contributed by atoms with Crippen LogP contribution in [-0.2, 0) is 22.6 Å². The molecule has 0 aromatic heterocycles. The first-order chi connectivity index (χ1) is 18.9. The number of nitrogens with two attached hydrogens (primary N) is 2. The maximum atomic E-state index is 13.0. The average Bonchev–Trinajstić information content (AvgIpc) is 2.95. The summed E-state index contributed by atoms with van der Waals surface area (Å²) in [4.78, 5) is 37.6. The summed E-state index contributed by atoms with van der Waals surface area (Å²) in [6.07, 6.45) is 2.73. The SMILES string of the molecule is NCCCC[C@H](N)C(=O)Nc1ccc(C(=O)N[C@@H](CCc2ccccc2)C(=O)O)cc1OCc1ccccc1. The first-order valence-electron chi connectivity index (χ1n) is 13.0. The number of nitrogens with one attached hydrogen (secondary N) is 2. The van der Waals surface area contributed by atoms with Crippen molar-refractivity contribution in [3.05, 3.63) is 95.6 Å². The third kappa shape index (κ3) is 9.55. The van der Waals surface area contributed by atoms with Crippen LogP contribution in [0.5, 0.6) is 5.75 Å². The molecule has 0 unspecified atom stereocenters. The molecule has 0 aliphatic rings. The smallest absolute Gasteiger partial charge is 0.326 e. The number of aliphatic carboxylic acids is 1. The molecule has 9 nitrogen and oxygen atoms in total. The van der Waals surface area contributed by atoms with Gasteiger partial charge in [-0.2, -0.15) is 0 Å². The first-order valence-corrected chi connectivity index (χ1v) is 13.0. The summed E-state index contributed by atoms with van der Waals surface area (Å²) in [5.74, 6) is -1.78. The standard InChI is InChI=1S/C30H36N4O5/c31-18-8-7-13-24(32)29(36)33-25-17-15-23(19-27(25)39-20-22-11-5-2-6-12-22)28(35)34-26(30(37)38)16-14-21-9-3-1-4-10-21/h1-6,9-12,15,17,19,24,26H,7-8,13-14,16,18,20,31-32H2,(H,33,36)(H,34,35)(H,37,38)/t24-,26-/m0/s1. The van der Waals surface area contributed by atoms with Gasteiger partial charge >= 0.3 is 5.97 Å². The molecular formula is C30H36N4O5. The van der Waals surface area contributed by atoms with Crippen molar-refractivity contribution in [2.45, 2.75) is 50.8 Å². The van der Waals surface area contributed by atoms with E-state index in [1.54, 1.807) is 6.07 Å². The molecule has 206 valence electrons. The lowest BCUT2D eigenvalue weighted by Crippen LogP contribution is -2.41. The third-order valence-corrected chi connectivity index (χ3v) is 6.21. The van der Waals surface area contributed by atoms with E-state index in [-0.39, 0.29) is 30.2 Å². The van der Waals surface area contributed by atoms with Crippen molar-refractivity contribution in [3.63, 3.8) is 0 Å². The number of amides is 2. The fraction of sp³-hybridized carbons (Fsp3) is 0.300. The van der Waals surface area contributed by atoms with E-state index in [4.69, 9.17) is 16.2 Å². The van der Waals surface area contributed by atoms with Gasteiger partial charge in [-0.25, -0.2) is 4.79 Å². The minimum atomic E-state index is -1.12. The number of carbonyl (C=O) groups is 3. The number of aryl methyl sites for hydroxylation is 1. The lowest BCUT2D eigenvalue weighted by Gasteiger charge is -2.18. The van der Waals surface area contributed by atoms with Crippen LogP contribution in [0.15, 0.2) is 78.9 Å². The number of hydrogen-bond donors (Lipinski definition) is 5. The zero-order chi connectivity index (χ0) is 28.0. The van der Waals surface area contributed by atoms with Gasteiger partial charge in [-0.15, -0.1) is 0 Å². The zero-order valence-electron chi connectivity index (χ0n) is 21.8. The number of carboxylic acids is 1. The number of anilines is 1. The number of ether oxygens (including phenoxy) is 1. The number of hydrogen-bond acceptors (Lipinski definition) is 6. The summed E-state index contributed by atoms with van der Waals surface area (Å²) < 4.78 is 5.98. The Kier molecular flexibility index (Phi) is 11.5. The molecule has 0 radical (unpaired) electrons. The summed E-state index contributed by atoms with van der Waals surface area (Å²) in [6.45, 7) is 0.733. The normalized spacial score (nSPS) is 12.3. The molecule has 0 aliphatic heterocycles. The Labute approximate surface area is 228 Å². The van der Waals surface area contributed by atoms with Gasteiger partial charge in [0.25, 0.3) is 5.91 Å². The molecule has 3 aromatic rings. The number of benzene rings is 3. The molecule has 3 aromatic carbocycles. The fourth-order valence-corrected chi connectivity index (χ4v) is 3.94. The van der Waals surface area contributed by atoms with E-state index in [1.807, 2.05) is 60.7 Å². The molecule has 2 atom stereocenters. The van der Waals surface area contributed by atoms with Crippen LogP contribution in [0.25, 0.3) is 0 Å². The highest BCUT2D eigenvalue weighted by Gasteiger charge is 2.22. The van der Waals surface area contributed by atoms with Gasteiger partial charge in [-0.05, 0) is 61.6 Å². The molecule has 0 saturated carbocycles. The van der Waals surface area contributed by atoms with E-state index >= 15 is 0 Å². The molecule has 7 N–H and O–H groups in total. The molecule has 0 spiro atoms. The number of unbranched alkanes of at least 4 members (excludes halogenated alkanes) is 1. The van der Waals surface area contributed by atoms with Crippen LogP contribution < -0.4 is 26.8 Å². The molecule has 0 heterocycles. The molecule has 0 saturated heterocycles. The number of rotatable bonds is 15. The second-order valence-electron chi connectivity index (χ2n) is 9.25. The maximum absolute atomic E-state index is 13.0. The minimum absolute atomic E-state index is 0.201. The molecule has 0 aliphatic carbocycles. The Bertz CT molecular complexity index is 1220. The lowest BCUT2D eigenvalue weighted by molar-refractivity contribution is -0.139. The van der Waals surface area contributed by atoms with Crippen LogP contribution in [0.2, 0.25) is 0 Å². The predicted octanol–water partition coefficient (Wildman–Crippen LogP) is 3.48. The molecule has 9 heteroatoms. The average molecular weight is 533 g/mol. The Morgan fingerprint density at radius 2 is 1.54 bits per heavy atom. The lowest BCUT2D eigenvalue weighted by atomic mass is 10.0. The summed E-state index contributed by atoms with van der Waals surface area (Å²) >= 11 is 0. The van der Waals surface area contributed by atoms with Crippen LogP contribution in [-0.4, -0.2) is 41.5 Å². The van der Waals surface area contributed by atoms with Crippen molar-refractivity contribution in [2.75, 3.05) is 11.9 Å². The fourth-order valence-electron chi connectivity index (χ4n) is 3.94. The molecule has 2 amide bonds. The summed E-state index contributed by atoms with van der Waals surface area (Å²) in [5.41, 5.74) is 14.0. The van der Waals surface area contributed by atoms with Crippen LogP contribution in [0.3, 0.4) is 0 Å². The van der Waals surface area contributed by atoms with E-state index in [0.29, 0.717) is 25.1 Å². The topological polar surface area (TPSA) is 157 Å². The largest absolute Gasteiger partial charge is 0.487 e. The van der Waals surface area contributed by atoms with Crippen molar-refractivity contribution >= 4 is 23.5 Å². The third-order valence-electron chi connectivity index (χ3n) is 6.21. The molecule has 39 heavy (non-hydrogen) atoms. The Morgan fingerprint density at radius 1 is 0.872 bits per heavy atom. The van der Waals surface area contributed by atoms with Gasteiger partial charge in [-0.1, -0.05) is 67.1 Å². The molecule has 0 fully saturated rings. The molecule has 3 rings (SSSR count). The van der Waals surface area contributed by atoms with Gasteiger partial charge in [0.15, 0.2) is 0 Å². The van der Waals surface area contributed by atoms with E-state index in [1.165, 1.54) is 12.1 Å². The highest BCUT2D eigenvalue weighted by Crippen LogP contribution is 2.27. The maximum Gasteiger partial charge on any atom is 0.326 e. The predicted molar refractivity (Wildman–Crippen MR) is 150 cm³/mol. The van der Waals surface area contributed by atoms with E-state index < -0.39 is 24.0 Å². The first kappa shape index (κ1) is 29.3. The second-order valence-corrected chi connectivity index (χ2v) is 9.25. The highest BCUT2D eigenvalue weighted by atomic mass is 16.5. The van der Waals surface area contributed by atoms with Crippen molar-refractivity contribution < 1.29 is 24.2 Å². The monoisotopic (exact) mass is 532 g/mol. The van der Waals surface area contributed by atoms with E-state index in [0.717, 1.165) is 24.0 Å². The Balaban J connectivity index is 1.74. The number of carbonyl (C=O) groups excluding carboxylic acids is 2. The van der Waals surface area contributed by atoms with Crippen LogP contribution in [0.4, 0.5) is 5.69 Å². The quantitative estimate of drug-likeness (QED) is 0.188. The summed E-state index contributed by atoms with van der Waals surface area (Å²) in [5, 5.41) is 15.1. The zero-order valence-corrected chi connectivity index (χ0v) is 21.8. The van der Waals surface area contributed by atoms with Crippen molar-refractivity contribution in [1.29, 1.82) is 0 Å². The van der Waals surface area contributed by atoms with E-state index in [2.05, 4.69) is 10.6 Å². The van der Waals surface area contributed by atoms with Crippen molar-refractivity contribution in [2.24, 2.45) is 11.5 Å². The van der Waals surface area contributed by atoms with Gasteiger partial charge in [0.2, 0.25) is 5.91 Å². The van der Waals surface area contributed by atoms with Gasteiger partial charge in [0.1, 0.15) is 18.4 Å². The molecule has 0 bridgehead atoms. The molecular weight excluding hydrogens is 496 g/mol. The van der Waals surface area contributed by atoms with Gasteiger partial charge in [-0.3, -0.25) is 9.59 Å². The highest BCUT2D eigenvalue weighted by molar-refractivity contribution is 5.99. The van der Waals surface area contributed by atoms with Crippen LogP contribution >= 0.6 is 0 Å². The van der Waals surface area contributed by atoms with Gasteiger partial charge in [0, 0.05) is 5.56 Å².